The Kier molecular flexibility index (Phi) is 8.39. The Hall–Kier alpha value is -4.51. The SMILES string of the molecule is CC1=C(C(=O)OCCOc2ccccc2)C(c2c(F)c(F)c(F)c(F)c2F)C2=C(CN(Cc3ccccc3)CC2=O)N1. The summed E-state index contributed by atoms with van der Waals surface area (Å²) in [4.78, 5) is 28.6. The molecule has 42 heavy (non-hydrogen) atoms. The van der Waals surface area contributed by atoms with Crippen LogP contribution < -0.4 is 10.1 Å². The average Bonchev–Trinajstić information content (AvgIpc) is 2.98. The van der Waals surface area contributed by atoms with Crippen LogP contribution in [-0.4, -0.2) is 43.0 Å². The van der Waals surface area contributed by atoms with Gasteiger partial charge in [-0.1, -0.05) is 48.5 Å². The number of Topliss-reactive ketones (excluding diaryl/α,β-unsaturated/α-hetero) is 1. The minimum Gasteiger partial charge on any atom is -0.490 e. The summed E-state index contributed by atoms with van der Waals surface area (Å²) >= 11 is 0. The number of benzene rings is 3. The number of carbonyl (C=O) groups is 2. The van der Waals surface area contributed by atoms with E-state index in [0.29, 0.717) is 12.3 Å². The van der Waals surface area contributed by atoms with Gasteiger partial charge in [0, 0.05) is 35.6 Å². The smallest absolute Gasteiger partial charge is 0.336 e. The van der Waals surface area contributed by atoms with E-state index < -0.39 is 57.9 Å². The molecule has 0 fully saturated rings. The van der Waals surface area contributed by atoms with E-state index >= 15 is 8.78 Å². The number of dihydropyridines is 1. The number of allylic oxidation sites excluding steroid dienone is 1. The number of hydrogen-bond donors (Lipinski definition) is 1. The molecule has 3 aromatic carbocycles. The zero-order valence-corrected chi connectivity index (χ0v) is 22.4. The molecule has 3 aromatic rings. The van der Waals surface area contributed by atoms with Crippen molar-refractivity contribution >= 4 is 11.8 Å². The Labute approximate surface area is 238 Å². The van der Waals surface area contributed by atoms with Gasteiger partial charge in [-0.05, 0) is 24.6 Å². The van der Waals surface area contributed by atoms with Crippen LogP contribution in [0.2, 0.25) is 0 Å². The predicted octanol–water partition coefficient (Wildman–Crippen LogP) is 5.30. The maximum absolute atomic E-state index is 15.2. The zero-order valence-electron chi connectivity index (χ0n) is 22.4. The molecule has 1 N–H and O–H groups in total. The molecule has 0 aromatic heterocycles. The molecular formula is C31H25F5N2O4. The van der Waals surface area contributed by atoms with E-state index in [2.05, 4.69) is 5.32 Å². The largest absolute Gasteiger partial charge is 0.490 e. The minimum atomic E-state index is -2.34. The number of ether oxygens (including phenoxy) is 2. The third-order valence-electron chi connectivity index (χ3n) is 7.02. The molecule has 5 rings (SSSR count). The lowest BCUT2D eigenvalue weighted by Crippen LogP contribution is -2.45. The molecule has 0 saturated carbocycles. The highest BCUT2D eigenvalue weighted by Gasteiger charge is 2.45. The normalized spacial score (nSPS) is 17.2. The van der Waals surface area contributed by atoms with E-state index in [1.807, 2.05) is 30.3 Å². The molecule has 0 spiro atoms. The first kappa shape index (κ1) is 29.0. The predicted molar refractivity (Wildman–Crippen MR) is 141 cm³/mol. The molecule has 0 radical (unpaired) electrons. The van der Waals surface area contributed by atoms with Crippen molar-refractivity contribution in [3.8, 4) is 5.75 Å². The molecule has 2 aliphatic rings. The molecule has 0 bridgehead atoms. The Morgan fingerprint density at radius 3 is 2.10 bits per heavy atom. The van der Waals surface area contributed by atoms with Gasteiger partial charge in [0.05, 0.1) is 18.0 Å². The number of carbonyl (C=O) groups excluding carboxylic acids is 2. The van der Waals surface area contributed by atoms with Gasteiger partial charge in [-0.25, -0.2) is 26.7 Å². The van der Waals surface area contributed by atoms with Crippen LogP contribution in [-0.2, 0) is 20.9 Å². The van der Waals surface area contributed by atoms with Gasteiger partial charge < -0.3 is 14.8 Å². The number of nitrogens with one attached hydrogen (secondary N) is 1. The molecule has 0 aliphatic carbocycles. The first-order valence-corrected chi connectivity index (χ1v) is 13.0. The van der Waals surface area contributed by atoms with E-state index in [4.69, 9.17) is 9.47 Å². The Bertz CT molecular complexity index is 1560. The maximum Gasteiger partial charge on any atom is 0.336 e. The van der Waals surface area contributed by atoms with Crippen LogP contribution in [0.4, 0.5) is 22.0 Å². The molecule has 1 unspecified atom stereocenters. The highest BCUT2D eigenvalue weighted by Crippen LogP contribution is 2.44. The monoisotopic (exact) mass is 584 g/mol. The van der Waals surface area contributed by atoms with Crippen molar-refractivity contribution in [1.29, 1.82) is 0 Å². The highest BCUT2D eigenvalue weighted by molar-refractivity contribution is 6.04. The van der Waals surface area contributed by atoms with Crippen LogP contribution in [0.15, 0.2) is 83.2 Å². The lowest BCUT2D eigenvalue weighted by Gasteiger charge is -2.38. The third-order valence-corrected chi connectivity index (χ3v) is 7.02. The summed E-state index contributed by atoms with van der Waals surface area (Å²) in [5.74, 6) is -14.1. The Morgan fingerprint density at radius 1 is 0.857 bits per heavy atom. The second-order valence-corrected chi connectivity index (χ2v) is 9.82. The number of nitrogens with zero attached hydrogens (tertiary/aromatic N) is 1. The molecule has 6 nitrogen and oxygen atoms in total. The van der Waals surface area contributed by atoms with E-state index in [0.717, 1.165) is 5.56 Å². The van der Waals surface area contributed by atoms with Crippen LogP contribution in [0.3, 0.4) is 0 Å². The lowest BCUT2D eigenvalue weighted by atomic mass is 9.76. The van der Waals surface area contributed by atoms with Gasteiger partial charge in [-0.2, -0.15) is 0 Å². The molecule has 11 heteroatoms. The number of esters is 1. The van der Waals surface area contributed by atoms with Crippen molar-refractivity contribution in [2.24, 2.45) is 0 Å². The molecular weight excluding hydrogens is 559 g/mol. The van der Waals surface area contributed by atoms with Gasteiger partial charge in [-0.15, -0.1) is 0 Å². The van der Waals surface area contributed by atoms with Crippen molar-refractivity contribution in [1.82, 2.24) is 10.2 Å². The zero-order chi connectivity index (χ0) is 30.0. The quantitative estimate of drug-likeness (QED) is 0.127. The van der Waals surface area contributed by atoms with Gasteiger partial charge in [-0.3, -0.25) is 9.69 Å². The van der Waals surface area contributed by atoms with Gasteiger partial charge in [0.15, 0.2) is 29.1 Å². The molecule has 2 aliphatic heterocycles. The number of ketones is 1. The fourth-order valence-corrected chi connectivity index (χ4v) is 5.19. The molecule has 1 atom stereocenters. The number of para-hydroxylation sites is 1. The van der Waals surface area contributed by atoms with Crippen LogP contribution in [0.1, 0.15) is 24.0 Å². The molecule has 2 heterocycles. The van der Waals surface area contributed by atoms with Crippen molar-refractivity contribution in [3.63, 3.8) is 0 Å². The van der Waals surface area contributed by atoms with E-state index in [-0.39, 0.29) is 43.3 Å². The van der Waals surface area contributed by atoms with Gasteiger partial charge in [0.2, 0.25) is 5.82 Å². The van der Waals surface area contributed by atoms with Crippen molar-refractivity contribution < 1.29 is 41.0 Å². The standard InChI is InChI=1S/C31H25F5N2O4/c1-17-22(31(40)42-13-12-41-19-10-6-3-7-11-19)24(25-26(32)28(34)30(36)29(35)27(25)33)23-20(37-17)15-38(16-21(23)39)14-18-8-4-2-5-9-18/h2-11,24,37H,12-16H2,1H3. The molecule has 0 amide bonds. The molecule has 0 saturated heterocycles. The van der Waals surface area contributed by atoms with Crippen molar-refractivity contribution in [2.75, 3.05) is 26.3 Å². The van der Waals surface area contributed by atoms with Crippen LogP contribution in [0.25, 0.3) is 0 Å². The summed E-state index contributed by atoms with van der Waals surface area (Å²) < 4.78 is 83.9. The second-order valence-electron chi connectivity index (χ2n) is 9.82. The van der Waals surface area contributed by atoms with Crippen LogP contribution in [0, 0.1) is 29.1 Å². The fraction of sp³-hybridized carbons (Fsp3) is 0.226. The third kappa shape index (κ3) is 5.64. The van der Waals surface area contributed by atoms with Crippen LogP contribution in [0.5, 0.6) is 5.75 Å². The Balaban J connectivity index is 1.50. The fourth-order valence-electron chi connectivity index (χ4n) is 5.19. The summed E-state index contributed by atoms with van der Waals surface area (Å²) in [5, 5.41) is 2.95. The number of halogens is 5. The van der Waals surface area contributed by atoms with Crippen molar-refractivity contribution in [2.45, 2.75) is 19.4 Å². The van der Waals surface area contributed by atoms with E-state index in [1.165, 1.54) is 6.92 Å². The second kappa shape index (κ2) is 12.2. The Morgan fingerprint density at radius 2 is 1.45 bits per heavy atom. The first-order valence-electron chi connectivity index (χ1n) is 13.0. The van der Waals surface area contributed by atoms with Gasteiger partial charge in [0.1, 0.15) is 19.0 Å². The van der Waals surface area contributed by atoms with Gasteiger partial charge >= 0.3 is 5.97 Å². The van der Waals surface area contributed by atoms with E-state index in [9.17, 15) is 22.8 Å². The number of rotatable bonds is 8. The average molecular weight is 585 g/mol. The lowest BCUT2D eigenvalue weighted by molar-refractivity contribution is -0.140. The molecule has 218 valence electrons. The summed E-state index contributed by atoms with van der Waals surface area (Å²) in [6, 6.07) is 17.9. The van der Waals surface area contributed by atoms with E-state index in [1.54, 1.807) is 35.2 Å². The van der Waals surface area contributed by atoms with Crippen LogP contribution >= 0.6 is 0 Å². The highest BCUT2D eigenvalue weighted by atomic mass is 19.2. The summed E-state index contributed by atoms with van der Waals surface area (Å²) in [5.41, 5.74) is -0.862. The maximum atomic E-state index is 15.2. The van der Waals surface area contributed by atoms with Crippen molar-refractivity contribution in [3.05, 3.63) is 123 Å². The first-order chi connectivity index (χ1) is 20.2. The summed E-state index contributed by atoms with van der Waals surface area (Å²) in [6.45, 7) is 1.26. The summed E-state index contributed by atoms with van der Waals surface area (Å²) in [6.07, 6.45) is 0. The minimum absolute atomic E-state index is 0.0473. The number of hydrogen-bond acceptors (Lipinski definition) is 6. The summed E-state index contributed by atoms with van der Waals surface area (Å²) in [7, 11) is 0. The van der Waals surface area contributed by atoms with Gasteiger partial charge in [0.25, 0.3) is 0 Å². The topological polar surface area (TPSA) is 67.9 Å².